The Morgan fingerprint density at radius 3 is 2.89 bits per heavy atom. The molecule has 3 aliphatic rings. The molecule has 28 heavy (non-hydrogen) atoms. The molecule has 3 heterocycles. The summed E-state index contributed by atoms with van der Waals surface area (Å²) >= 11 is 1.61. The molecular formula is C22H21N3O2S. The van der Waals surface area contributed by atoms with Crippen LogP contribution in [0.5, 0.6) is 5.75 Å². The first-order valence-corrected chi connectivity index (χ1v) is 10.5. The van der Waals surface area contributed by atoms with Crippen LogP contribution in [0.25, 0.3) is 11.1 Å². The van der Waals surface area contributed by atoms with Gasteiger partial charge >= 0.3 is 0 Å². The average molecular weight is 391 g/mol. The maximum absolute atomic E-state index is 9.24. The summed E-state index contributed by atoms with van der Waals surface area (Å²) in [5.41, 5.74) is 9.49. The van der Waals surface area contributed by atoms with E-state index in [9.17, 15) is 5.26 Å². The summed E-state index contributed by atoms with van der Waals surface area (Å²) in [5, 5.41) is 9.86. The number of rotatable bonds is 1. The number of nitriles is 1. The molecule has 0 saturated carbocycles. The zero-order valence-corrected chi connectivity index (χ0v) is 16.4. The number of benzene rings is 2. The second-order valence-corrected chi connectivity index (χ2v) is 8.61. The van der Waals surface area contributed by atoms with E-state index in [1.54, 1.807) is 11.8 Å². The number of fused-ring (bicyclic) bond motifs is 4. The first kappa shape index (κ1) is 17.6. The van der Waals surface area contributed by atoms with E-state index in [0.717, 1.165) is 34.6 Å². The fraction of sp³-hybridized carbons (Fsp3) is 0.364. The van der Waals surface area contributed by atoms with Crippen molar-refractivity contribution < 1.29 is 9.47 Å². The Bertz CT molecular complexity index is 1020. The van der Waals surface area contributed by atoms with Crippen LogP contribution in [0.2, 0.25) is 0 Å². The maximum Gasteiger partial charge on any atom is 0.154 e. The number of ether oxygens (including phenoxy) is 2. The number of nitrogens with zero attached hydrogens (tertiary/aromatic N) is 2. The molecule has 0 aliphatic carbocycles. The van der Waals surface area contributed by atoms with Crippen molar-refractivity contribution in [1.29, 1.82) is 5.26 Å². The second-order valence-electron chi connectivity index (χ2n) is 7.61. The fourth-order valence-electron chi connectivity index (χ4n) is 4.80. The van der Waals surface area contributed by atoms with Gasteiger partial charge < -0.3 is 15.2 Å². The highest BCUT2D eigenvalue weighted by molar-refractivity contribution is 8.14. The van der Waals surface area contributed by atoms with E-state index >= 15 is 0 Å². The molecule has 0 aromatic heterocycles. The minimum Gasteiger partial charge on any atom is -0.489 e. The molecule has 0 radical (unpaired) electrons. The SMILES string of the molecule is C[C@H]1OCCC2Oc3ccc(-c4cccc(C#N)c4)cc3[C@@]3(CSC(N)=N3)[C@@H]21. The van der Waals surface area contributed by atoms with Gasteiger partial charge in [0.15, 0.2) is 5.17 Å². The highest BCUT2D eigenvalue weighted by atomic mass is 32.2. The van der Waals surface area contributed by atoms with Gasteiger partial charge in [-0.1, -0.05) is 30.0 Å². The van der Waals surface area contributed by atoms with Crippen molar-refractivity contribution in [3.8, 4) is 22.9 Å². The van der Waals surface area contributed by atoms with Crippen LogP contribution in [0.1, 0.15) is 24.5 Å². The van der Waals surface area contributed by atoms with Gasteiger partial charge in [-0.3, -0.25) is 0 Å². The lowest BCUT2D eigenvalue weighted by Crippen LogP contribution is -2.55. The number of amidine groups is 1. The van der Waals surface area contributed by atoms with Crippen LogP contribution in [0.15, 0.2) is 47.5 Å². The third kappa shape index (κ3) is 2.61. The van der Waals surface area contributed by atoms with Gasteiger partial charge in [0.25, 0.3) is 0 Å². The number of nitrogens with two attached hydrogens (primary N) is 1. The molecule has 1 fully saturated rings. The molecule has 3 aliphatic heterocycles. The van der Waals surface area contributed by atoms with Crippen LogP contribution in [0, 0.1) is 17.2 Å². The first-order valence-electron chi connectivity index (χ1n) is 9.52. The topological polar surface area (TPSA) is 80.6 Å². The van der Waals surface area contributed by atoms with E-state index in [1.165, 1.54) is 0 Å². The molecule has 1 saturated heterocycles. The summed E-state index contributed by atoms with van der Waals surface area (Å²) in [6, 6.07) is 16.1. The van der Waals surface area contributed by atoms with Gasteiger partial charge in [-0.05, 0) is 42.3 Å². The lowest BCUT2D eigenvalue weighted by Gasteiger charge is -2.49. The molecule has 2 N–H and O–H groups in total. The Morgan fingerprint density at radius 1 is 1.25 bits per heavy atom. The normalized spacial score (nSPS) is 30.7. The van der Waals surface area contributed by atoms with Gasteiger partial charge in [0.1, 0.15) is 17.4 Å². The average Bonchev–Trinajstić information content (AvgIpc) is 3.10. The maximum atomic E-state index is 9.24. The Morgan fingerprint density at radius 2 is 2.11 bits per heavy atom. The number of aliphatic imine (C=N–C) groups is 1. The lowest BCUT2D eigenvalue weighted by atomic mass is 9.70. The minimum absolute atomic E-state index is 0.0488. The van der Waals surface area contributed by atoms with Crippen molar-refractivity contribution in [1.82, 2.24) is 0 Å². The van der Waals surface area contributed by atoms with E-state index in [2.05, 4.69) is 25.1 Å². The quantitative estimate of drug-likeness (QED) is 0.802. The number of hydrogen-bond donors (Lipinski definition) is 1. The van der Waals surface area contributed by atoms with Crippen molar-refractivity contribution in [2.75, 3.05) is 12.4 Å². The molecule has 0 amide bonds. The molecule has 5 rings (SSSR count). The van der Waals surface area contributed by atoms with Crippen LogP contribution >= 0.6 is 11.8 Å². The van der Waals surface area contributed by atoms with E-state index in [4.69, 9.17) is 20.2 Å². The summed E-state index contributed by atoms with van der Waals surface area (Å²) in [5.74, 6) is 1.81. The predicted octanol–water partition coefficient (Wildman–Crippen LogP) is 3.67. The molecule has 2 aromatic carbocycles. The number of hydrogen-bond acceptors (Lipinski definition) is 6. The third-order valence-electron chi connectivity index (χ3n) is 6.04. The Hall–Kier alpha value is -2.49. The molecule has 5 nitrogen and oxygen atoms in total. The van der Waals surface area contributed by atoms with Gasteiger partial charge in [-0.25, -0.2) is 4.99 Å². The van der Waals surface area contributed by atoms with Crippen LogP contribution in [-0.2, 0) is 10.3 Å². The summed E-state index contributed by atoms with van der Waals surface area (Å²) in [6.07, 6.45) is 0.995. The van der Waals surface area contributed by atoms with Crippen LogP contribution in [0.3, 0.4) is 0 Å². The van der Waals surface area contributed by atoms with Crippen LogP contribution in [0.4, 0.5) is 0 Å². The molecule has 1 unspecified atom stereocenters. The van der Waals surface area contributed by atoms with Gasteiger partial charge in [0, 0.05) is 17.7 Å². The van der Waals surface area contributed by atoms with Crippen molar-refractivity contribution in [3.05, 3.63) is 53.6 Å². The fourth-order valence-corrected chi connectivity index (χ4v) is 5.81. The van der Waals surface area contributed by atoms with Crippen molar-refractivity contribution in [2.45, 2.75) is 31.1 Å². The zero-order valence-electron chi connectivity index (χ0n) is 15.6. The lowest BCUT2D eigenvalue weighted by molar-refractivity contribution is -0.108. The molecular weight excluding hydrogens is 370 g/mol. The first-order chi connectivity index (χ1) is 13.6. The van der Waals surface area contributed by atoms with E-state index < -0.39 is 5.54 Å². The number of thioether (sulfide) groups is 1. The summed E-state index contributed by atoms with van der Waals surface area (Å²) in [7, 11) is 0. The Labute approximate surface area is 168 Å². The van der Waals surface area contributed by atoms with Gasteiger partial charge in [0.2, 0.25) is 0 Å². The smallest absolute Gasteiger partial charge is 0.154 e. The largest absolute Gasteiger partial charge is 0.489 e. The van der Waals surface area contributed by atoms with Crippen LogP contribution in [-0.4, -0.2) is 29.7 Å². The highest BCUT2D eigenvalue weighted by Gasteiger charge is 2.56. The Kier molecular flexibility index (Phi) is 4.11. The third-order valence-corrected chi connectivity index (χ3v) is 7.01. The van der Waals surface area contributed by atoms with Gasteiger partial charge in [0.05, 0.1) is 30.3 Å². The van der Waals surface area contributed by atoms with Crippen molar-refractivity contribution >= 4 is 16.9 Å². The summed E-state index contributed by atoms with van der Waals surface area (Å²) in [6.45, 7) is 2.82. The zero-order chi connectivity index (χ0) is 19.3. The molecule has 1 spiro atoms. The van der Waals surface area contributed by atoms with E-state index in [1.807, 2.05) is 30.3 Å². The van der Waals surface area contributed by atoms with Gasteiger partial charge in [-0.2, -0.15) is 5.26 Å². The van der Waals surface area contributed by atoms with Gasteiger partial charge in [-0.15, -0.1) is 0 Å². The summed E-state index contributed by atoms with van der Waals surface area (Å²) in [4.78, 5) is 4.97. The minimum atomic E-state index is -0.435. The predicted molar refractivity (Wildman–Crippen MR) is 110 cm³/mol. The molecule has 2 aromatic rings. The van der Waals surface area contributed by atoms with E-state index in [0.29, 0.717) is 17.3 Å². The monoisotopic (exact) mass is 391 g/mol. The second kappa shape index (κ2) is 6.54. The van der Waals surface area contributed by atoms with Crippen LogP contribution < -0.4 is 10.5 Å². The molecule has 6 heteroatoms. The standard InChI is InChI=1S/C22H21N3O2S/c1-13-20-19(7-8-26-13)27-18-6-5-16(15-4-2-3-14(9-15)11-23)10-17(18)22(20)12-28-21(24)25-22/h2-6,9-10,13,19-20H,7-8,12H2,1H3,(H2,24,25)/t13-,19?,20-,22+/m1/s1. The summed E-state index contributed by atoms with van der Waals surface area (Å²) < 4.78 is 12.4. The van der Waals surface area contributed by atoms with Crippen molar-refractivity contribution in [3.63, 3.8) is 0 Å². The molecule has 0 bridgehead atoms. The molecule has 4 atom stereocenters. The molecule has 142 valence electrons. The van der Waals surface area contributed by atoms with Crippen molar-refractivity contribution in [2.24, 2.45) is 16.6 Å². The highest BCUT2D eigenvalue weighted by Crippen LogP contribution is 2.54. The van der Waals surface area contributed by atoms with E-state index in [-0.39, 0.29) is 18.1 Å². The Balaban J connectivity index is 1.68.